The molecule has 3 aliphatic heterocycles. The van der Waals surface area contributed by atoms with Gasteiger partial charge >= 0.3 is 0 Å². The van der Waals surface area contributed by atoms with Gasteiger partial charge in [0.25, 0.3) is 0 Å². The highest BCUT2D eigenvalue weighted by Crippen LogP contribution is 2.49. The molecule has 0 spiro atoms. The molecule has 15 heavy (non-hydrogen) atoms. The standard InChI is InChI=1S/C11H18O4/c1-2-6-3-4-8-11(13)7(12)5-9(14-8)15-10(6)11/h6-10,12-13H,2-5H2,1H3/t6-,7+,8?,9-,10?,11?/m1/s1. The summed E-state index contributed by atoms with van der Waals surface area (Å²) in [5.41, 5.74) is -1.16. The van der Waals surface area contributed by atoms with Gasteiger partial charge in [-0.15, -0.1) is 0 Å². The van der Waals surface area contributed by atoms with Gasteiger partial charge in [-0.3, -0.25) is 0 Å². The Bertz CT molecular complexity index is 269. The van der Waals surface area contributed by atoms with Crippen molar-refractivity contribution in [3.63, 3.8) is 0 Å². The van der Waals surface area contributed by atoms with Gasteiger partial charge in [-0.25, -0.2) is 0 Å². The van der Waals surface area contributed by atoms with E-state index in [4.69, 9.17) is 9.47 Å². The van der Waals surface area contributed by atoms with Crippen molar-refractivity contribution in [1.29, 1.82) is 0 Å². The van der Waals surface area contributed by atoms with Crippen LogP contribution in [0.5, 0.6) is 0 Å². The third-order valence-electron chi connectivity index (χ3n) is 4.29. The van der Waals surface area contributed by atoms with E-state index in [1.807, 2.05) is 0 Å². The Morgan fingerprint density at radius 1 is 1.33 bits per heavy atom. The van der Waals surface area contributed by atoms with Crippen molar-refractivity contribution >= 4 is 0 Å². The number of ether oxygens (including phenoxy) is 2. The molecule has 0 aromatic heterocycles. The van der Waals surface area contributed by atoms with Gasteiger partial charge in [-0.05, 0) is 18.8 Å². The SMILES string of the molecule is CC[C@@H]1CCC2O[C@H]3C[C@H](O)C2(O)C1O3. The molecular weight excluding hydrogens is 196 g/mol. The third kappa shape index (κ3) is 1.16. The van der Waals surface area contributed by atoms with Crippen LogP contribution in [0.3, 0.4) is 0 Å². The molecular formula is C11H18O4. The Balaban J connectivity index is 1.96. The van der Waals surface area contributed by atoms with E-state index in [0.717, 1.165) is 19.3 Å². The van der Waals surface area contributed by atoms with Crippen molar-refractivity contribution in [3.05, 3.63) is 0 Å². The molecule has 4 rings (SSSR count). The summed E-state index contributed by atoms with van der Waals surface area (Å²) in [6.45, 7) is 2.10. The fraction of sp³-hybridized carbons (Fsp3) is 1.00. The first-order chi connectivity index (χ1) is 7.16. The second-order valence-electron chi connectivity index (χ2n) is 5.00. The van der Waals surface area contributed by atoms with Gasteiger partial charge in [-0.2, -0.15) is 0 Å². The van der Waals surface area contributed by atoms with Gasteiger partial charge < -0.3 is 19.7 Å². The fourth-order valence-corrected chi connectivity index (χ4v) is 3.39. The van der Waals surface area contributed by atoms with E-state index in [0.29, 0.717) is 12.3 Å². The maximum absolute atomic E-state index is 10.6. The number of hydrogen-bond acceptors (Lipinski definition) is 4. The van der Waals surface area contributed by atoms with Gasteiger partial charge in [-0.1, -0.05) is 13.3 Å². The first-order valence-corrected chi connectivity index (χ1v) is 5.87. The summed E-state index contributed by atoms with van der Waals surface area (Å²) in [6.07, 6.45) is 1.79. The zero-order chi connectivity index (χ0) is 10.6. The monoisotopic (exact) mass is 214 g/mol. The van der Waals surface area contributed by atoms with Crippen molar-refractivity contribution in [1.82, 2.24) is 0 Å². The van der Waals surface area contributed by atoms with Crippen molar-refractivity contribution in [2.45, 2.75) is 62.8 Å². The number of fused-ring (bicyclic) bond motifs is 1. The Morgan fingerprint density at radius 3 is 2.87 bits per heavy atom. The van der Waals surface area contributed by atoms with Crippen LogP contribution in [0.4, 0.5) is 0 Å². The molecule has 0 aromatic rings. The largest absolute Gasteiger partial charge is 0.390 e. The molecule has 2 N–H and O–H groups in total. The minimum absolute atomic E-state index is 0.229. The highest BCUT2D eigenvalue weighted by atomic mass is 16.7. The highest BCUT2D eigenvalue weighted by molar-refractivity contribution is 5.11. The lowest BCUT2D eigenvalue weighted by Gasteiger charge is -2.60. The molecule has 4 heteroatoms. The molecule has 4 fully saturated rings. The van der Waals surface area contributed by atoms with Crippen molar-refractivity contribution in [2.75, 3.05) is 0 Å². The molecule has 6 atom stereocenters. The van der Waals surface area contributed by atoms with Crippen LogP contribution < -0.4 is 0 Å². The van der Waals surface area contributed by atoms with E-state index in [9.17, 15) is 10.2 Å². The molecule has 0 aromatic carbocycles. The van der Waals surface area contributed by atoms with E-state index in [1.165, 1.54) is 0 Å². The first-order valence-electron chi connectivity index (χ1n) is 5.87. The summed E-state index contributed by atoms with van der Waals surface area (Å²) in [6, 6.07) is 0. The number of hydrogen-bond donors (Lipinski definition) is 2. The lowest BCUT2D eigenvalue weighted by atomic mass is 9.66. The third-order valence-corrected chi connectivity index (χ3v) is 4.29. The molecule has 3 saturated heterocycles. The zero-order valence-electron chi connectivity index (χ0n) is 8.93. The molecule has 1 saturated carbocycles. The van der Waals surface area contributed by atoms with Crippen LogP contribution in [0.2, 0.25) is 0 Å². The maximum Gasteiger partial charge on any atom is 0.161 e. The van der Waals surface area contributed by atoms with Crippen LogP contribution in [0.25, 0.3) is 0 Å². The van der Waals surface area contributed by atoms with Gasteiger partial charge in [0.2, 0.25) is 0 Å². The second-order valence-corrected chi connectivity index (χ2v) is 5.00. The maximum atomic E-state index is 10.6. The van der Waals surface area contributed by atoms with Gasteiger partial charge in [0.15, 0.2) is 6.29 Å². The lowest BCUT2D eigenvalue weighted by molar-refractivity contribution is -0.404. The van der Waals surface area contributed by atoms with Crippen molar-refractivity contribution < 1.29 is 19.7 Å². The summed E-state index contributed by atoms with van der Waals surface area (Å²) < 4.78 is 11.3. The Labute approximate surface area is 89.2 Å². The van der Waals surface area contributed by atoms with E-state index in [-0.39, 0.29) is 18.5 Å². The molecule has 0 radical (unpaired) electrons. The fourth-order valence-electron chi connectivity index (χ4n) is 3.39. The van der Waals surface area contributed by atoms with E-state index < -0.39 is 11.7 Å². The number of rotatable bonds is 1. The van der Waals surface area contributed by atoms with Crippen molar-refractivity contribution in [2.24, 2.45) is 5.92 Å². The molecule has 4 bridgehead atoms. The second kappa shape index (κ2) is 3.17. The smallest absolute Gasteiger partial charge is 0.161 e. The van der Waals surface area contributed by atoms with E-state index in [2.05, 4.69) is 6.92 Å². The summed E-state index contributed by atoms with van der Waals surface area (Å²) in [5, 5.41) is 20.5. The normalized spacial score (nSPS) is 58.2. The summed E-state index contributed by atoms with van der Waals surface area (Å²) in [5.74, 6) is 0.354. The van der Waals surface area contributed by atoms with Gasteiger partial charge in [0, 0.05) is 6.42 Å². The Hall–Kier alpha value is -0.160. The first kappa shape index (κ1) is 10.0. The van der Waals surface area contributed by atoms with Crippen LogP contribution >= 0.6 is 0 Å². The molecule has 1 aliphatic carbocycles. The number of aliphatic hydroxyl groups is 2. The van der Waals surface area contributed by atoms with Crippen molar-refractivity contribution in [3.8, 4) is 0 Å². The molecule has 86 valence electrons. The highest BCUT2D eigenvalue weighted by Gasteiger charge is 2.63. The summed E-state index contributed by atoms with van der Waals surface area (Å²) in [4.78, 5) is 0. The topological polar surface area (TPSA) is 58.9 Å². The zero-order valence-corrected chi connectivity index (χ0v) is 8.93. The van der Waals surface area contributed by atoms with Crippen LogP contribution in [0.15, 0.2) is 0 Å². The Kier molecular flexibility index (Phi) is 2.12. The molecule has 4 nitrogen and oxygen atoms in total. The molecule has 0 amide bonds. The van der Waals surface area contributed by atoms with E-state index in [1.54, 1.807) is 0 Å². The van der Waals surface area contributed by atoms with Crippen LogP contribution in [-0.4, -0.2) is 40.4 Å². The lowest BCUT2D eigenvalue weighted by Crippen LogP contribution is -2.74. The van der Waals surface area contributed by atoms with E-state index >= 15 is 0 Å². The minimum Gasteiger partial charge on any atom is -0.390 e. The molecule has 3 heterocycles. The Morgan fingerprint density at radius 2 is 2.13 bits per heavy atom. The average molecular weight is 214 g/mol. The van der Waals surface area contributed by atoms with Gasteiger partial charge in [0.1, 0.15) is 5.60 Å². The average Bonchev–Trinajstić information content (AvgIpc) is 2.19. The summed E-state index contributed by atoms with van der Waals surface area (Å²) >= 11 is 0. The molecule has 3 unspecified atom stereocenters. The van der Waals surface area contributed by atoms with Crippen LogP contribution in [0, 0.1) is 5.92 Å². The quantitative estimate of drug-likeness (QED) is 0.664. The van der Waals surface area contributed by atoms with Crippen LogP contribution in [-0.2, 0) is 9.47 Å². The van der Waals surface area contributed by atoms with Crippen LogP contribution in [0.1, 0.15) is 32.6 Å². The van der Waals surface area contributed by atoms with Gasteiger partial charge in [0.05, 0.1) is 18.3 Å². The number of aliphatic hydroxyl groups excluding tert-OH is 1. The summed E-state index contributed by atoms with van der Waals surface area (Å²) in [7, 11) is 0. The minimum atomic E-state index is -1.16. The molecule has 4 aliphatic rings. The predicted octanol–water partition coefficient (Wildman–Crippen LogP) is 0.412. The predicted molar refractivity (Wildman–Crippen MR) is 52.1 cm³/mol.